The Morgan fingerprint density at radius 2 is 1.95 bits per heavy atom. The van der Waals surface area contributed by atoms with Crippen molar-refractivity contribution in [3.63, 3.8) is 0 Å². The molecule has 0 aromatic heterocycles. The Morgan fingerprint density at radius 1 is 1.32 bits per heavy atom. The van der Waals surface area contributed by atoms with Crippen LogP contribution in [0.5, 0.6) is 0 Å². The number of piperidine rings is 1. The molecule has 19 heavy (non-hydrogen) atoms. The standard InChI is InChI=1S/C15H28N2O2/c1-12(2)16-15(13-7-8-13,14(18)19-3)11-17-9-5-4-6-10-17/h12-13,16H,4-11H2,1-3H3. The van der Waals surface area contributed by atoms with E-state index in [9.17, 15) is 4.79 Å². The summed E-state index contributed by atoms with van der Waals surface area (Å²) in [5.41, 5.74) is -0.486. The Labute approximate surface area is 116 Å². The van der Waals surface area contributed by atoms with Gasteiger partial charge in [-0.3, -0.25) is 5.32 Å². The van der Waals surface area contributed by atoms with E-state index in [1.165, 1.54) is 26.4 Å². The van der Waals surface area contributed by atoms with E-state index < -0.39 is 5.54 Å². The van der Waals surface area contributed by atoms with Crippen molar-refractivity contribution in [2.24, 2.45) is 5.92 Å². The average Bonchev–Trinajstić information content (AvgIpc) is 3.22. The van der Waals surface area contributed by atoms with Gasteiger partial charge < -0.3 is 9.64 Å². The van der Waals surface area contributed by atoms with Crippen molar-refractivity contribution in [3.05, 3.63) is 0 Å². The van der Waals surface area contributed by atoms with Crippen LogP contribution in [-0.2, 0) is 9.53 Å². The molecule has 0 radical (unpaired) electrons. The Balaban J connectivity index is 2.12. The molecule has 1 atom stereocenters. The van der Waals surface area contributed by atoms with E-state index in [0.717, 1.165) is 32.5 Å². The van der Waals surface area contributed by atoms with Gasteiger partial charge in [-0.15, -0.1) is 0 Å². The van der Waals surface area contributed by atoms with Crippen LogP contribution >= 0.6 is 0 Å². The second-order valence-corrected chi connectivity index (χ2v) is 6.37. The third-order valence-corrected chi connectivity index (χ3v) is 4.29. The van der Waals surface area contributed by atoms with Crippen molar-refractivity contribution in [2.75, 3.05) is 26.7 Å². The minimum absolute atomic E-state index is 0.0747. The largest absolute Gasteiger partial charge is 0.468 e. The van der Waals surface area contributed by atoms with Crippen LogP contribution in [0.1, 0.15) is 46.0 Å². The van der Waals surface area contributed by atoms with Crippen LogP contribution in [0.3, 0.4) is 0 Å². The predicted octanol–water partition coefficient (Wildman–Crippen LogP) is 1.79. The lowest BCUT2D eigenvalue weighted by Crippen LogP contribution is -2.63. The quantitative estimate of drug-likeness (QED) is 0.746. The van der Waals surface area contributed by atoms with Gasteiger partial charge in [0.05, 0.1) is 7.11 Å². The lowest BCUT2D eigenvalue weighted by Gasteiger charge is -2.39. The lowest BCUT2D eigenvalue weighted by molar-refractivity contribution is -0.151. The van der Waals surface area contributed by atoms with Gasteiger partial charge in [-0.2, -0.15) is 0 Å². The molecule has 1 N–H and O–H groups in total. The molecule has 1 heterocycles. The fraction of sp³-hybridized carbons (Fsp3) is 0.933. The second kappa shape index (κ2) is 6.23. The number of nitrogens with zero attached hydrogens (tertiary/aromatic N) is 1. The summed E-state index contributed by atoms with van der Waals surface area (Å²) in [6.45, 7) is 7.26. The minimum Gasteiger partial charge on any atom is -0.468 e. The molecule has 1 saturated heterocycles. The van der Waals surface area contributed by atoms with Gasteiger partial charge in [-0.05, 0) is 58.5 Å². The van der Waals surface area contributed by atoms with Crippen LogP contribution in [0, 0.1) is 5.92 Å². The molecule has 1 saturated carbocycles. The molecular weight excluding hydrogens is 240 g/mol. The number of methoxy groups -OCH3 is 1. The highest BCUT2D eigenvalue weighted by atomic mass is 16.5. The van der Waals surface area contributed by atoms with Crippen molar-refractivity contribution >= 4 is 5.97 Å². The normalized spacial score (nSPS) is 24.2. The van der Waals surface area contributed by atoms with E-state index >= 15 is 0 Å². The molecule has 1 aliphatic carbocycles. The maximum Gasteiger partial charge on any atom is 0.327 e. The van der Waals surface area contributed by atoms with Crippen molar-refractivity contribution in [2.45, 2.75) is 57.5 Å². The molecule has 4 heteroatoms. The highest BCUT2D eigenvalue weighted by molar-refractivity contribution is 5.82. The van der Waals surface area contributed by atoms with Crippen LogP contribution in [0.15, 0.2) is 0 Å². The minimum atomic E-state index is -0.486. The van der Waals surface area contributed by atoms with Crippen molar-refractivity contribution in [1.82, 2.24) is 10.2 Å². The molecule has 2 rings (SSSR count). The van der Waals surface area contributed by atoms with Gasteiger partial charge in [0.25, 0.3) is 0 Å². The number of rotatable bonds is 6. The molecule has 0 bridgehead atoms. The molecule has 0 amide bonds. The van der Waals surface area contributed by atoms with Gasteiger partial charge in [-0.25, -0.2) is 4.79 Å². The zero-order chi connectivity index (χ0) is 13.9. The first-order chi connectivity index (χ1) is 9.08. The average molecular weight is 268 g/mol. The number of hydrogen-bond acceptors (Lipinski definition) is 4. The summed E-state index contributed by atoms with van der Waals surface area (Å²) in [5, 5.41) is 3.54. The topological polar surface area (TPSA) is 41.6 Å². The fourth-order valence-corrected chi connectivity index (χ4v) is 3.33. The molecule has 0 spiro atoms. The maximum atomic E-state index is 12.4. The molecule has 0 aromatic carbocycles. The monoisotopic (exact) mass is 268 g/mol. The Bertz CT molecular complexity index is 309. The summed E-state index contributed by atoms with van der Waals surface area (Å²) in [7, 11) is 1.51. The van der Waals surface area contributed by atoms with Gasteiger partial charge in [0.1, 0.15) is 5.54 Å². The van der Waals surface area contributed by atoms with Gasteiger partial charge in [0, 0.05) is 12.6 Å². The first-order valence-corrected chi connectivity index (χ1v) is 7.67. The predicted molar refractivity (Wildman–Crippen MR) is 76.0 cm³/mol. The van der Waals surface area contributed by atoms with Gasteiger partial charge >= 0.3 is 5.97 Å². The summed E-state index contributed by atoms with van der Waals surface area (Å²) in [4.78, 5) is 14.9. The van der Waals surface area contributed by atoms with E-state index in [-0.39, 0.29) is 5.97 Å². The third kappa shape index (κ3) is 3.48. The lowest BCUT2D eigenvalue weighted by atomic mass is 9.90. The molecule has 2 aliphatic rings. The fourth-order valence-electron chi connectivity index (χ4n) is 3.33. The summed E-state index contributed by atoms with van der Waals surface area (Å²) >= 11 is 0. The van der Waals surface area contributed by atoms with E-state index in [0.29, 0.717) is 12.0 Å². The Hall–Kier alpha value is -0.610. The first-order valence-electron chi connectivity index (χ1n) is 7.67. The van der Waals surface area contributed by atoms with Crippen molar-refractivity contribution < 1.29 is 9.53 Å². The number of carbonyl (C=O) groups is 1. The van der Waals surface area contributed by atoms with E-state index in [1.54, 1.807) is 0 Å². The smallest absolute Gasteiger partial charge is 0.327 e. The molecule has 110 valence electrons. The first kappa shape index (κ1) is 14.8. The molecule has 2 fully saturated rings. The number of hydrogen-bond donors (Lipinski definition) is 1. The highest BCUT2D eigenvalue weighted by Gasteiger charge is 2.52. The zero-order valence-corrected chi connectivity index (χ0v) is 12.6. The van der Waals surface area contributed by atoms with E-state index in [2.05, 4.69) is 24.1 Å². The van der Waals surface area contributed by atoms with Crippen LogP contribution < -0.4 is 5.32 Å². The van der Waals surface area contributed by atoms with Gasteiger partial charge in [0.2, 0.25) is 0 Å². The summed E-state index contributed by atoms with van der Waals surface area (Å²) in [6, 6.07) is 0.296. The summed E-state index contributed by atoms with van der Waals surface area (Å²) in [5.74, 6) is 0.374. The van der Waals surface area contributed by atoms with Crippen molar-refractivity contribution in [3.8, 4) is 0 Å². The SMILES string of the molecule is COC(=O)C(CN1CCCCC1)(NC(C)C)C1CC1. The van der Waals surface area contributed by atoms with E-state index in [4.69, 9.17) is 4.74 Å². The summed E-state index contributed by atoms with van der Waals surface area (Å²) in [6.07, 6.45) is 6.11. The van der Waals surface area contributed by atoms with Crippen LogP contribution in [0.25, 0.3) is 0 Å². The Morgan fingerprint density at radius 3 is 2.42 bits per heavy atom. The molecule has 4 nitrogen and oxygen atoms in total. The second-order valence-electron chi connectivity index (χ2n) is 6.37. The van der Waals surface area contributed by atoms with Crippen molar-refractivity contribution in [1.29, 1.82) is 0 Å². The highest BCUT2D eigenvalue weighted by Crippen LogP contribution is 2.41. The number of likely N-dealkylation sites (tertiary alicyclic amines) is 1. The van der Waals surface area contributed by atoms with Gasteiger partial charge in [0.15, 0.2) is 0 Å². The number of carbonyl (C=O) groups excluding carboxylic acids is 1. The van der Waals surface area contributed by atoms with E-state index in [1.807, 2.05) is 0 Å². The number of esters is 1. The van der Waals surface area contributed by atoms with Crippen LogP contribution in [0.2, 0.25) is 0 Å². The van der Waals surface area contributed by atoms with Gasteiger partial charge in [-0.1, -0.05) is 6.42 Å². The maximum absolute atomic E-state index is 12.4. The zero-order valence-electron chi connectivity index (χ0n) is 12.6. The molecular formula is C15H28N2O2. The molecule has 1 unspecified atom stereocenters. The number of ether oxygens (including phenoxy) is 1. The third-order valence-electron chi connectivity index (χ3n) is 4.29. The Kier molecular flexibility index (Phi) is 4.85. The molecule has 1 aliphatic heterocycles. The number of nitrogens with one attached hydrogen (secondary N) is 1. The van der Waals surface area contributed by atoms with Crippen LogP contribution in [-0.4, -0.2) is 49.2 Å². The summed E-state index contributed by atoms with van der Waals surface area (Å²) < 4.78 is 5.13. The van der Waals surface area contributed by atoms with Crippen LogP contribution in [0.4, 0.5) is 0 Å². The molecule has 0 aromatic rings.